The lowest BCUT2D eigenvalue weighted by atomic mass is 10.1. The number of para-hydroxylation sites is 2. The van der Waals surface area contributed by atoms with E-state index in [1.165, 1.54) is 38.5 Å². The summed E-state index contributed by atoms with van der Waals surface area (Å²) in [5.74, 6) is 0.0355. The van der Waals surface area contributed by atoms with Gasteiger partial charge in [-0.05, 0) is 32.0 Å². The Morgan fingerprint density at radius 1 is 1.24 bits per heavy atom. The van der Waals surface area contributed by atoms with E-state index in [0.717, 1.165) is 6.54 Å². The Labute approximate surface area is 127 Å². The molecule has 3 N–H and O–H groups in total. The van der Waals surface area contributed by atoms with E-state index < -0.39 is 0 Å². The van der Waals surface area contributed by atoms with Crippen LogP contribution in [0.25, 0.3) is 0 Å². The van der Waals surface area contributed by atoms with E-state index in [2.05, 4.69) is 17.3 Å². The number of hydrogen-bond donors (Lipinski definition) is 2. The monoisotopic (exact) mass is 289 g/mol. The third-order valence-corrected chi connectivity index (χ3v) is 4.37. The molecule has 4 nitrogen and oxygen atoms in total. The Morgan fingerprint density at radius 2 is 1.90 bits per heavy atom. The smallest absolute Gasteiger partial charge is 0.225 e. The van der Waals surface area contributed by atoms with Gasteiger partial charge in [-0.2, -0.15) is 0 Å². The first-order valence-corrected chi connectivity index (χ1v) is 8.01. The lowest BCUT2D eigenvalue weighted by molar-refractivity contribution is -0.116. The van der Waals surface area contributed by atoms with Gasteiger partial charge in [0.15, 0.2) is 0 Å². The van der Waals surface area contributed by atoms with E-state index in [9.17, 15) is 4.79 Å². The van der Waals surface area contributed by atoms with Gasteiger partial charge in [-0.25, -0.2) is 0 Å². The topological polar surface area (TPSA) is 58.4 Å². The van der Waals surface area contributed by atoms with Gasteiger partial charge in [-0.15, -0.1) is 0 Å². The van der Waals surface area contributed by atoms with Gasteiger partial charge in [-0.1, -0.05) is 37.8 Å². The Hall–Kier alpha value is -1.55. The molecule has 4 heteroatoms. The summed E-state index contributed by atoms with van der Waals surface area (Å²) in [7, 11) is 2.14. The first-order valence-electron chi connectivity index (χ1n) is 8.01. The summed E-state index contributed by atoms with van der Waals surface area (Å²) in [5, 5.41) is 2.89. The van der Waals surface area contributed by atoms with Gasteiger partial charge in [0.05, 0.1) is 11.4 Å². The summed E-state index contributed by atoms with van der Waals surface area (Å²) < 4.78 is 0. The van der Waals surface area contributed by atoms with Crippen molar-refractivity contribution in [3.63, 3.8) is 0 Å². The van der Waals surface area contributed by atoms with Crippen molar-refractivity contribution in [3.8, 4) is 0 Å². The molecule has 1 amide bonds. The highest BCUT2D eigenvalue weighted by Gasteiger charge is 2.17. The van der Waals surface area contributed by atoms with E-state index in [4.69, 9.17) is 5.73 Å². The summed E-state index contributed by atoms with van der Waals surface area (Å²) >= 11 is 0. The summed E-state index contributed by atoms with van der Waals surface area (Å²) in [4.78, 5) is 14.4. The van der Waals surface area contributed by atoms with Crippen molar-refractivity contribution in [1.29, 1.82) is 0 Å². The quantitative estimate of drug-likeness (QED) is 0.646. The van der Waals surface area contributed by atoms with Crippen LogP contribution in [-0.2, 0) is 4.79 Å². The maximum atomic E-state index is 12.0. The van der Waals surface area contributed by atoms with Crippen molar-refractivity contribution >= 4 is 17.3 Å². The molecule has 1 aromatic rings. The second-order valence-corrected chi connectivity index (χ2v) is 6.01. The van der Waals surface area contributed by atoms with Crippen LogP contribution >= 0.6 is 0 Å². The molecule has 1 aromatic carbocycles. The van der Waals surface area contributed by atoms with Crippen LogP contribution in [0.5, 0.6) is 0 Å². The van der Waals surface area contributed by atoms with E-state index in [1.54, 1.807) is 6.07 Å². The molecule has 1 fully saturated rings. The number of nitrogens with zero attached hydrogens (tertiary/aromatic N) is 1. The van der Waals surface area contributed by atoms with Gasteiger partial charge in [0.1, 0.15) is 0 Å². The molecule has 1 aliphatic carbocycles. The predicted octanol–water partition coefficient (Wildman–Crippen LogP) is 3.25. The van der Waals surface area contributed by atoms with Crippen molar-refractivity contribution in [3.05, 3.63) is 24.3 Å². The largest absolute Gasteiger partial charge is 0.397 e. The van der Waals surface area contributed by atoms with E-state index in [-0.39, 0.29) is 5.91 Å². The molecule has 0 aromatic heterocycles. The number of benzene rings is 1. The van der Waals surface area contributed by atoms with Crippen molar-refractivity contribution in [2.24, 2.45) is 0 Å². The SMILES string of the molecule is CN(CCC(=O)Nc1ccccc1N)C1CCCCCC1. The predicted molar refractivity (Wildman–Crippen MR) is 88.2 cm³/mol. The first-order chi connectivity index (χ1) is 10.2. The van der Waals surface area contributed by atoms with Gasteiger partial charge < -0.3 is 16.0 Å². The van der Waals surface area contributed by atoms with Gasteiger partial charge in [0, 0.05) is 19.0 Å². The number of nitrogens with two attached hydrogens (primary N) is 1. The van der Waals surface area contributed by atoms with Gasteiger partial charge in [-0.3, -0.25) is 4.79 Å². The Kier molecular flexibility index (Phi) is 6.05. The third kappa shape index (κ3) is 5.05. The van der Waals surface area contributed by atoms with E-state index in [0.29, 0.717) is 23.8 Å². The maximum Gasteiger partial charge on any atom is 0.225 e. The molecule has 0 spiro atoms. The fraction of sp³-hybridized carbons (Fsp3) is 0.588. The van der Waals surface area contributed by atoms with Crippen LogP contribution in [0.15, 0.2) is 24.3 Å². The van der Waals surface area contributed by atoms with E-state index >= 15 is 0 Å². The Bertz CT molecular complexity index is 453. The van der Waals surface area contributed by atoms with Crippen LogP contribution in [0.1, 0.15) is 44.9 Å². The number of nitrogens with one attached hydrogen (secondary N) is 1. The molecule has 0 radical (unpaired) electrons. The molecule has 1 saturated carbocycles. The zero-order valence-electron chi connectivity index (χ0n) is 13.0. The number of amides is 1. The van der Waals surface area contributed by atoms with Crippen LogP contribution in [0, 0.1) is 0 Å². The highest BCUT2D eigenvalue weighted by atomic mass is 16.1. The van der Waals surface area contributed by atoms with Crippen molar-refractivity contribution in [2.45, 2.75) is 51.0 Å². The standard InChI is InChI=1S/C17H27N3O/c1-20(14-8-4-2-3-5-9-14)13-12-17(21)19-16-11-7-6-10-15(16)18/h6-7,10-11,14H,2-5,8-9,12-13,18H2,1H3,(H,19,21). The van der Waals surface area contributed by atoms with Crippen molar-refractivity contribution in [2.75, 3.05) is 24.6 Å². The minimum atomic E-state index is 0.0355. The molecule has 116 valence electrons. The lowest BCUT2D eigenvalue weighted by Gasteiger charge is -2.26. The first kappa shape index (κ1) is 15.8. The average Bonchev–Trinajstić information content (AvgIpc) is 2.76. The Morgan fingerprint density at radius 3 is 2.57 bits per heavy atom. The minimum Gasteiger partial charge on any atom is -0.397 e. The summed E-state index contributed by atoms with van der Waals surface area (Å²) in [5.41, 5.74) is 7.16. The fourth-order valence-corrected chi connectivity index (χ4v) is 2.98. The molecule has 0 heterocycles. The molecule has 0 saturated heterocycles. The van der Waals surface area contributed by atoms with E-state index in [1.807, 2.05) is 18.2 Å². The van der Waals surface area contributed by atoms with Crippen LogP contribution in [0.4, 0.5) is 11.4 Å². The van der Waals surface area contributed by atoms with Crippen molar-refractivity contribution in [1.82, 2.24) is 4.90 Å². The normalized spacial score (nSPS) is 16.7. The van der Waals surface area contributed by atoms with Crippen molar-refractivity contribution < 1.29 is 4.79 Å². The molecular formula is C17H27N3O. The van der Waals surface area contributed by atoms with Crippen LogP contribution in [-0.4, -0.2) is 30.4 Å². The fourth-order valence-electron chi connectivity index (χ4n) is 2.98. The maximum absolute atomic E-state index is 12.0. The number of carbonyl (C=O) groups is 1. The minimum absolute atomic E-state index is 0.0355. The molecule has 21 heavy (non-hydrogen) atoms. The van der Waals surface area contributed by atoms with Gasteiger partial charge in [0.2, 0.25) is 5.91 Å². The molecule has 2 rings (SSSR count). The zero-order valence-corrected chi connectivity index (χ0v) is 13.0. The second kappa shape index (κ2) is 8.03. The second-order valence-electron chi connectivity index (χ2n) is 6.01. The zero-order chi connectivity index (χ0) is 15.1. The third-order valence-electron chi connectivity index (χ3n) is 4.37. The molecule has 0 atom stereocenters. The number of rotatable bonds is 5. The molecule has 0 aliphatic heterocycles. The average molecular weight is 289 g/mol. The summed E-state index contributed by atoms with van der Waals surface area (Å²) in [6.07, 6.45) is 8.41. The summed E-state index contributed by atoms with van der Waals surface area (Å²) in [6, 6.07) is 8.02. The van der Waals surface area contributed by atoms with Crippen LogP contribution in [0.3, 0.4) is 0 Å². The molecule has 1 aliphatic rings. The number of hydrogen-bond acceptors (Lipinski definition) is 3. The molecular weight excluding hydrogens is 262 g/mol. The highest BCUT2D eigenvalue weighted by Crippen LogP contribution is 2.21. The Balaban J connectivity index is 1.76. The van der Waals surface area contributed by atoms with Gasteiger partial charge in [0.25, 0.3) is 0 Å². The molecule has 0 unspecified atom stereocenters. The summed E-state index contributed by atoms with van der Waals surface area (Å²) in [6.45, 7) is 0.809. The number of carbonyl (C=O) groups excluding carboxylic acids is 1. The van der Waals surface area contributed by atoms with Gasteiger partial charge >= 0.3 is 0 Å². The van der Waals surface area contributed by atoms with Crippen LogP contribution in [0.2, 0.25) is 0 Å². The van der Waals surface area contributed by atoms with Crippen LogP contribution < -0.4 is 11.1 Å². The lowest BCUT2D eigenvalue weighted by Crippen LogP contribution is -2.33. The number of nitrogen functional groups attached to an aromatic ring is 1. The number of anilines is 2. The highest BCUT2D eigenvalue weighted by molar-refractivity contribution is 5.93. The molecule has 0 bridgehead atoms.